The summed E-state index contributed by atoms with van der Waals surface area (Å²) in [4.78, 5) is 0. The van der Waals surface area contributed by atoms with Gasteiger partial charge in [-0.1, -0.05) is 39.5 Å². The molecule has 1 saturated carbocycles. The van der Waals surface area contributed by atoms with Crippen molar-refractivity contribution in [2.45, 2.75) is 64.9 Å². The lowest BCUT2D eigenvalue weighted by Gasteiger charge is -2.30. The Balaban J connectivity index is 2.22. The number of aliphatic hydroxyl groups is 1. The quantitative estimate of drug-likeness (QED) is 0.710. The van der Waals surface area contributed by atoms with Crippen LogP contribution in [-0.4, -0.2) is 11.2 Å². The van der Waals surface area contributed by atoms with Crippen molar-refractivity contribution >= 4 is 0 Å². The minimum Gasteiger partial charge on any atom is -0.393 e. The van der Waals surface area contributed by atoms with E-state index in [0.717, 1.165) is 12.3 Å². The largest absolute Gasteiger partial charge is 0.393 e. The van der Waals surface area contributed by atoms with Crippen LogP contribution in [0, 0.1) is 11.8 Å². The zero-order valence-corrected chi connectivity index (χ0v) is 9.13. The topological polar surface area (TPSA) is 20.2 Å². The highest BCUT2D eigenvalue weighted by Gasteiger charge is 2.24. The lowest BCUT2D eigenvalue weighted by Crippen LogP contribution is -2.25. The summed E-state index contributed by atoms with van der Waals surface area (Å²) in [5, 5.41) is 9.70. The van der Waals surface area contributed by atoms with Gasteiger partial charge >= 0.3 is 0 Å². The fourth-order valence-electron chi connectivity index (χ4n) is 2.60. The maximum atomic E-state index is 9.70. The van der Waals surface area contributed by atoms with E-state index in [1.54, 1.807) is 0 Å². The van der Waals surface area contributed by atoms with Gasteiger partial charge in [0.25, 0.3) is 0 Å². The zero-order chi connectivity index (χ0) is 9.68. The molecule has 13 heavy (non-hydrogen) atoms. The molecule has 1 atom stereocenters. The smallest absolute Gasteiger partial charge is 0.0565 e. The highest BCUT2D eigenvalue weighted by Crippen LogP contribution is 2.33. The third kappa shape index (κ3) is 3.30. The maximum Gasteiger partial charge on any atom is 0.0565 e. The molecule has 1 aliphatic carbocycles. The first kappa shape index (κ1) is 11.0. The molecule has 0 aliphatic heterocycles. The molecule has 0 aromatic rings. The van der Waals surface area contributed by atoms with E-state index in [4.69, 9.17) is 0 Å². The predicted octanol–water partition coefficient (Wildman–Crippen LogP) is 3.36. The molecule has 1 nitrogen and oxygen atoms in total. The van der Waals surface area contributed by atoms with E-state index in [0.29, 0.717) is 5.92 Å². The molecule has 78 valence electrons. The van der Waals surface area contributed by atoms with Crippen LogP contribution in [0.2, 0.25) is 0 Å². The van der Waals surface area contributed by atoms with Crippen molar-refractivity contribution in [1.82, 2.24) is 0 Å². The van der Waals surface area contributed by atoms with E-state index in [-0.39, 0.29) is 6.10 Å². The van der Waals surface area contributed by atoms with Crippen LogP contribution in [0.4, 0.5) is 0 Å². The van der Waals surface area contributed by atoms with Crippen LogP contribution >= 0.6 is 0 Å². The van der Waals surface area contributed by atoms with Gasteiger partial charge in [0.2, 0.25) is 0 Å². The molecule has 0 heterocycles. The molecule has 0 aromatic carbocycles. The number of hydrogen-bond donors (Lipinski definition) is 1. The van der Waals surface area contributed by atoms with Gasteiger partial charge in [0.1, 0.15) is 0 Å². The number of rotatable bonds is 4. The first-order valence-electron chi connectivity index (χ1n) is 5.96. The molecule has 0 bridgehead atoms. The standard InChI is InChI=1S/C12H24O/c1-3-5-10-6-8-11(9-7-10)12(13)4-2/h10-13H,3-9H2,1-2H3/t10?,11?,12-/m0/s1. The summed E-state index contributed by atoms with van der Waals surface area (Å²) in [6, 6.07) is 0. The van der Waals surface area contributed by atoms with E-state index in [1.807, 2.05) is 0 Å². The van der Waals surface area contributed by atoms with Crippen molar-refractivity contribution < 1.29 is 5.11 Å². The third-order valence-corrected chi connectivity index (χ3v) is 3.55. The van der Waals surface area contributed by atoms with E-state index in [9.17, 15) is 5.11 Å². The van der Waals surface area contributed by atoms with Crippen LogP contribution in [0.25, 0.3) is 0 Å². The minimum absolute atomic E-state index is 0.0254. The van der Waals surface area contributed by atoms with Gasteiger partial charge in [-0.25, -0.2) is 0 Å². The highest BCUT2D eigenvalue weighted by molar-refractivity contribution is 4.76. The maximum absolute atomic E-state index is 9.70. The second kappa shape index (κ2) is 5.64. The molecule has 0 radical (unpaired) electrons. The Morgan fingerprint density at radius 1 is 1.15 bits per heavy atom. The molecule has 1 heteroatoms. The van der Waals surface area contributed by atoms with Crippen molar-refractivity contribution in [1.29, 1.82) is 0 Å². The Labute approximate surface area is 82.5 Å². The van der Waals surface area contributed by atoms with E-state index < -0.39 is 0 Å². The second-order valence-electron chi connectivity index (χ2n) is 4.55. The summed E-state index contributed by atoms with van der Waals surface area (Å²) in [5.74, 6) is 1.57. The summed E-state index contributed by atoms with van der Waals surface area (Å²) < 4.78 is 0. The predicted molar refractivity (Wildman–Crippen MR) is 56.7 cm³/mol. The lowest BCUT2D eigenvalue weighted by atomic mass is 9.77. The first-order valence-corrected chi connectivity index (χ1v) is 5.96. The van der Waals surface area contributed by atoms with Gasteiger partial charge in [-0.2, -0.15) is 0 Å². The Hall–Kier alpha value is -0.0400. The molecule has 0 unspecified atom stereocenters. The van der Waals surface area contributed by atoms with Crippen LogP contribution < -0.4 is 0 Å². The van der Waals surface area contributed by atoms with Gasteiger partial charge < -0.3 is 5.11 Å². The normalized spacial score (nSPS) is 31.6. The average molecular weight is 184 g/mol. The molecular formula is C12H24O. The Kier molecular flexibility index (Phi) is 4.79. The summed E-state index contributed by atoms with van der Waals surface area (Å²) in [7, 11) is 0. The van der Waals surface area contributed by atoms with Crippen molar-refractivity contribution in [2.75, 3.05) is 0 Å². The zero-order valence-electron chi connectivity index (χ0n) is 9.13. The van der Waals surface area contributed by atoms with E-state index in [2.05, 4.69) is 13.8 Å². The summed E-state index contributed by atoms with van der Waals surface area (Å²) in [6.45, 7) is 4.36. The minimum atomic E-state index is -0.0254. The molecule has 1 rings (SSSR count). The van der Waals surface area contributed by atoms with Crippen LogP contribution in [0.5, 0.6) is 0 Å². The van der Waals surface area contributed by atoms with Crippen LogP contribution in [0.3, 0.4) is 0 Å². The molecule has 0 aromatic heterocycles. The second-order valence-corrected chi connectivity index (χ2v) is 4.55. The van der Waals surface area contributed by atoms with Crippen molar-refractivity contribution in [3.63, 3.8) is 0 Å². The van der Waals surface area contributed by atoms with Gasteiger partial charge in [0.15, 0.2) is 0 Å². The van der Waals surface area contributed by atoms with Crippen molar-refractivity contribution in [2.24, 2.45) is 11.8 Å². The SMILES string of the molecule is CCCC1CCC([C@@H](O)CC)CC1. The molecule has 1 N–H and O–H groups in total. The lowest BCUT2D eigenvalue weighted by molar-refractivity contribution is 0.0696. The van der Waals surface area contributed by atoms with Crippen molar-refractivity contribution in [3.05, 3.63) is 0 Å². The van der Waals surface area contributed by atoms with Crippen molar-refractivity contribution in [3.8, 4) is 0 Å². The molecule has 0 saturated heterocycles. The van der Waals surface area contributed by atoms with Gasteiger partial charge in [0.05, 0.1) is 6.10 Å². The number of hydrogen-bond acceptors (Lipinski definition) is 1. The Bertz CT molecular complexity index is 125. The molecule has 1 aliphatic rings. The summed E-state index contributed by atoms with van der Waals surface area (Å²) in [5.41, 5.74) is 0. The highest BCUT2D eigenvalue weighted by atomic mass is 16.3. The van der Waals surface area contributed by atoms with Crippen LogP contribution in [-0.2, 0) is 0 Å². The molecule has 1 fully saturated rings. The molecule has 0 amide bonds. The third-order valence-electron chi connectivity index (χ3n) is 3.55. The van der Waals surface area contributed by atoms with Crippen LogP contribution in [0.1, 0.15) is 58.8 Å². The first-order chi connectivity index (χ1) is 6.27. The van der Waals surface area contributed by atoms with Gasteiger partial charge in [-0.3, -0.25) is 0 Å². The van der Waals surface area contributed by atoms with E-state index >= 15 is 0 Å². The fraction of sp³-hybridized carbons (Fsp3) is 1.00. The van der Waals surface area contributed by atoms with Gasteiger partial charge in [-0.05, 0) is 31.1 Å². The van der Waals surface area contributed by atoms with Crippen LogP contribution in [0.15, 0.2) is 0 Å². The monoisotopic (exact) mass is 184 g/mol. The number of aliphatic hydroxyl groups excluding tert-OH is 1. The van der Waals surface area contributed by atoms with Gasteiger partial charge in [-0.15, -0.1) is 0 Å². The van der Waals surface area contributed by atoms with Gasteiger partial charge in [0, 0.05) is 0 Å². The average Bonchev–Trinajstić information content (AvgIpc) is 2.18. The summed E-state index contributed by atoms with van der Waals surface area (Å²) >= 11 is 0. The summed E-state index contributed by atoms with van der Waals surface area (Å²) in [6.07, 6.45) is 8.87. The van der Waals surface area contributed by atoms with E-state index in [1.165, 1.54) is 38.5 Å². The Morgan fingerprint density at radius 2 is 1.77 bits per heavy atom. The Morgan fingerprint density at radius 3 is 2.23 bits per heavy atom. The molecular weight excluding hydrogens is 160 g/mol. The molecule has 0 spiro atoms. The fourth-order valence-corrected chi connectivity index (χ4v) is 2.60.